The Balaban J connectivity index is 4.87. The summed E-state index contributed by atoms with van der Waals surface area (Å²) in [5.41, 5.74) is 0. The number of rotatable bonds is 22. The first-order chi connectivity index (χ1) is 14.4. The molecule has 0 unspecified atom stereocenters. The van der Waals surface area contributed by atoms with E-state index >= 15 is 0 Å². The van der Waals surface area contributed by atoms with E-state index in [0.717, 1.165) is 50.3 Å². The molecule has 30 heavy (non-hydrogen) atoms. The maximum atomic E-state index is 13.7. The van der Waals surface area contributed by atoms with Crippen LogP contribution >= 0.6 is 14.7 Å². The third-order valence-electron chi connectivity index (χ3n) is 7.03. The van der Waals surface area contributed by atoms with E-state index in [2.05, 4.69) is 41.5 Å². The zero-order valence-corrected chi connectivity index (χ0v) is 23.0. The van der Waals surface area contributed by atoms with Crippen LogP contribution in [-0.4, -0.2) is 37.9 Å². The fourth-order valence-electron chi connectivity index (χ4n) is 4.06. The number of phosphoric acid groups is 1. The normalized spacial score (nSPS) is 14.0. The van der Waals surface area contributed by atoms with E-state index in [0.29, 0.717) is 13.2 Å². The van der Waals surface area contributed by atoms with E-state index in [9.17, 15) is 4.57 Å². The topological polar surface area (TPSA) is 44.8 Å². The molecule has 0 heterocycles. The summed E-state index contributed by atoms with van der Waals surface area (Å²) in [5.74, 6) is 0. The van der Waals surface area contributed by atoms with Gasteiger partial charge in [0.2, 0.25) is 0 Å². The summed E-state index contributed by atoms with van der Waals surface area (Å²) in [4.78, 5) is 0. The molecule has 0 amide bonds. The zero-order chi connectivity index (χ0) is 22.8. The molecular weight excluding hydrogens is 414 g/mol. The second-order valence-electron chi connectivity index (χ2n) is 8.85. The van der Waals surface area contributed by atoms with Gasteiger partial charge >= 0.3 is 189 Å². The molecule has 0 rings (SSSR count). The van der Waals surface area contributed by atoms with E-state index in [1.165, 1.54) is 51.4 Å². The van der Waals surface area contributed by atoms with Gasteiger partial charge in [-0.2, -0.15) is 0 Å². The van der Waals surface area contributed by atoms with Crippen LogP contribution < -0.4 is 0 Å². The van der Waals surface area contributed by atoms with Crippen molar-refractivity contribution >= 4 is 14.7 Å². The van der Waals surface area contributed by atoms with Crippen molar-refractivity contribution in [3.05, 3.63) is 0 Å². The monoisotopic (exact) mass is 468 g/mol. The first kappa shape index (κ1) is 30.5. The first-order valence-corrected chi connectivity index (χ1v) is 17.4. The Morgan fingerprint density at radius 3 is 1.20 bits per heavy atom. The molecule has 0 bridgehead atoms. The average Bonchev–Trinajstić information content (AvgIpc) is 2.77. The van der Waals surface area contributed by atoms with Crippen molar-refractivity contribution in [3.8, 4) is 0 Å². The summed E-state index contributed by atoms with van der Waals surface area (Å²) >= 11 is 0. The van der Waals surface area contributed by atoms with Gasteiger partial charge in [-0.3, -0.25) is 0 Å². The number of unbranched alkanes of at least 4 members (excludes halogenated alkanes) is 10. The van der Waals surface area contributed by atoms with Gasteiger partial charge in [0.05, 0.1) is 0 Å². The molecule has 0 saturated carbocycles. The van der Waals surface area contributed by atoms with Crippen molar-refractivity contribution in [1.82, 2.24) is 0 Å². The van der Waals surface area contributed by atoms with Crippen LogP contribution in [0.5, 0.6) is 0 Å². The molecule has 0 aromatic rings. The molecular formula is C24H54O4P2. The summed E-state index contributed by atoms with van der Waals surface area (Å²) in [6, 6.07) is 0. The predicted octanol–water partition coefficient (Wildman–Crippen LogP) is 9.41. The Kier molecular flexibility index (Phi) is 17.4. The second kappa shape index (κ2) is 17.1. The van der Waals surface area contributed by atoms with Gasteiger partial charge in [0, 0.05) is 0 Å². The predicted molar refractivity (Wildman–Crippen MR) is 136 cm³/mol. The molecule has 0 aliphatic rings. The molecule has 0 aromatic carbocycles. The van der Waals surface area contributed by atoms with Crippen LogP contribution in [0.25, 0.3) is 0 Å². The Bertz CT molecular complexity index is 407. The molecule has 0 aliphatic heterocycles. The minimum atomic E-state index is -3.54. The van der Waals surface area contributed by atoms with Crippen LogP contribution in [0, 0.1) is 0 Å². The van der Waals surface area contributed by atoms with E-state index in [4.69, 9.17) is 13.4 Å². The van der Waals surface area contributed by atoms with Gasteiger partial charge in [-0.1, -0.05) is 0 Å². The average molecular weight is 469 g/mol. The maximum absolute atomic E-state index is 13.7. The summed E-state index contributed by atoms with van der Waals surface area (Å²) in [5, 5.41) is 0. The molecule has 0 aliphatic carbocycles. The molecule has 0 spiro atoms. The van der Waals surface area contributed by atoms with E-state index in [1.807, 2.05) is 0 Å². The third-order valence-corrected chi connectivity index (χ3v) is 17.1. The number of hydrogen-bond donors (Lipinski definition) is 0. The van der Waals surface area contributed by atoms with Crippen LogP contribution in [0.2, 0.25) is 0 Å². The quantitative estimate of drug-likeness (QED) is 0.117. The fraction of sp³-hybridized carbons (Fsp3) is 1.00. The van der Waals surface area contributed by atoms with E-state index in [-0.39, 0.29) is 0 Å². The summed E-state index contributed by atoms with van der Waals surface area (Å²) in [7, 11) is -3.54. The van der Waals surface area contributed by atoms with Crippen molar-refractivity contribution in [2.24, 2.45) is 0 Å². The van der Waals surface area contributed by atoms with E-state index in [1.54, 1.807) is 0 Å². The third kappa shape index (κ3) is 11.4. The van der Waals surface area contributed by atoms with Gasteiger partial charge < -0.3 is 0 Å². The zero-order valence-electron chi connectivity index (χ0n) is 21.3. The van der Waals surface area contributed by atoms with Gasteiger partial charge in [-0.05, 0) is 0 Å². The van der Waals surface area contributed by atoms with Crippen molar-refractivity contribution in [1.29, 1.82) is 0 Å². The molecule has 0 fully saturated rings. The van der Waals surface area contributed by atoms with Crippen molar-refractivity contribution in [3.63, 3.8) is 0 Å². The Morgan fingerprint density at radius 1 is 0.533 bits per heavy atom. The Morgan fingerprint density at radius 2 is 0.867 bits per heavy atom. The summed E-state index contributed by atoms with van der Waals surface area (Å²) < 4.78 is 32.1. The SMILES string of the molecule is CCCCCCCCOP(=O)(OCCCCCCCC)OP(CC)(CC)(CC)CC. The van der Waals surface area contributed by atoms with Gasteiger partial charge in [0.25, 0.3) is 0 Å². The van der Waals surface area contributed by atoms with Crippen LogP contribution in [0.15, 0.2) is 0 Å². The summed E-state index contributed by atoms with van der Waals surface area (Å²) in [6.07, 6.45) is 17.9. The van der Waals surface area contributed by atoms with Crippen LogP contribution in [0.1, 0.15) is 119 Å². The molecule has 0 radical (unpaired) electrons. The van der Waals surface area contributed by atoms with Crippen LogP contribution in [0.4, 0.5) is 0 Å². The molecule has 0 saturated heterocycles. The van der Waals surface area contributed by atoms with Crippen LogP contribution in [0.3, 0.4) is 0 Å². The molecule has 6 heteroatoms. The van der Waals surface area contributed by atoms with Gasteiger partial charge in [-0.15, -0.1) is 0 Å². The summed E-state index contributed by atoms with van der Waals surface area (Å²) in [6.45, 7) is 11.6. The molecule has 0 atom stereocenters. The van der Waals surface area contributed by atoms with Crippen molar-refractivity contribution in [2.75, 3.05) is 37.9 Å². The van der Waals surface area contributed by atoms with E-state index < -0.39 is 14.7 Å². The Labute approximate surface area is 189 Å². The Hall–Kier alpha value is 0.540. The number of hydrogen-bond acceptors (Lipinski definition) is 4. The van der Waals surface area contributed by atoms with Crippen molar-refractivity contribution < 1.29 is 17.9 Å². The molecule has 0 N–H and O–H groups in total. The van der Waals surface area contributed by atoms with Gasteiger partial charge in [0.15, 0.2) is 0 Å². The first-order valence-electron chi connectivity index (χ1n) is 13.0. The standard InChI is InChI=1S/C24H54O4P2/c1-7-13-15-17-19-21-23-26-29(25,27-24-22-20-18-16-14-8-2)28-30(9-3,10-4,11-5)12-6/h7-24H2,1-6H3. The molecule has 0 aromatic heterocycles. The second-order valence-corrected chi connectivity index (χ2v) is 17.2. The van der Waals surface area contributed by atoms with Crippen LogP contribution in [-0.2, 0) is 17.9 Å². The van der Waals surface area contributed by atoms with Gasteiger partial charge in [0.1, 0.15) is 0 Å². The van der Waals surface area contributed by atoms with Crippen molar-refractivity contribution in [2.45, 2.75) is 119 Å². The fourth-order valence-corrected chi connectivity index (χ4v) is 12.0. The molecule has 184 valence electrons. The number of phosphoric ester groups is 1. The molecule has 4 nitrogen and oxygen atoms in total. The minimum absolute atomic E-state index is 0.466. The van der Waals surface area contributed by atoms with Gasteiger partial charge in [-0.25, -0.2) is 0 Å².